The van der Waals surface area contributed by atoms with Crippen LogP contribution in [0.2, 0.25) is 5.02 Å². The number of halogens is 2. The summed E-state index contributed by atoms with van der Waals surface area (Å²) in [6.07, 6.45) is 0. The average molecular weight is 279 g/mol. The number of azide groups is 1. The number of hydrogen-bond acceptors (Lipinski definition) is 1. The monoisotopic (exact) mass is 279 g/mol. The Kier molecular flexibility index (Phi) is 2.99. The number of hydrogen-bond donors (Lipinski definition) is 0. The molecule has 0 aliphatic heterocycles. The molecule has 11 heavy (non-hydrogen) atoms. The largest absolute Gasteiger partial charge is 0.0838 e. The summed E-state index contributed by atoms with van der Waals surface area (Å²) in [7, 11) is 0. The topological polar surface area (TPSA) is 48.8 Å². The van der Waals surface area contributed by atoms with Crippen molar-refractivity contribution >= 4 is 39.9 Å². The van der Waals surface area contributed by atoms with Crippen LogP contribution in [0.4, 0.5) is 5.69 Å². The van der Waals surface area contributed by atoms with Crippen molar-refractivity contribution in [3.63, 3.8) is 0 Å². The second-order valence-electron chi connectivity index (χ2n) is 1.79. The molecule has 5 heteroatoms. The van der Waals surface area contributed by atoms with Gasteiger partial charge in [0.05, 0.1) is 10.7 Å². The van der Waals surface area contributed by atoms with Crippen molar-refractivity contribution in [3.8, 4) is 0 Å². The summed E-state index contributed by atoms with van der Waals surface area (Å²) in [6.45, 7) is 0. The normalized spacial score (nSPS) is 8.91. The summed E-state index contributed by atoms with van der Waals surface area (Å²) in [5.74, 6) is 0. The lowest BCUT2D eigenvalue weighted by Gasteiger charge is -1.95. The molecule has 0 aliphatic carbocycles. The summed E-state index contributed by atoms with van der Waals surface area (Å²) in [6, 6.07) is 5.26. The Hall–Kier alpha value is -0.450. The molecule has 1 aromatic carbocycles. The van der Waals surface area contributed by atoms with Gasteiger partial charge in [0.1, 0.15) is 0 Å². The first-order valence-electron chi connectivity index (χ1n) is 2.74. The molecule has 0 N–H and O–H groups in total. The molecule has 0 fully saturated rings. The lowest BCUT2D eigenvalue weighted by Crippen LogP contribution is -1.70. The van der Waals surface area contributed by atoms with Crippen LogP contribution in [0.3, 0.4) is 0 Å². The highest BCUT2D eigenvalue weighted by Gasteiger charge is 1.96. The van der Waals surface area contributed by atoms with E-state index in [2.05, 4.69) is 32.6 Å². The molecule has 1 rings (SSSR count). The molecule has 0 saturated carbocycles. The van der Waals surface area contributed by atoms with Gasteiger partial charge in [-0.05, 0) is 40.3 Å². The minimum absolute atomic E-state index is 0.467. The van der Waals surface area contributed by atoms with Crippen LogP contribution in [-0.2, 0) is 0 Å². The van der Waals surface area contributed by atoms with Crippen LogP contribution >= 0.6 is 34.2 Å². The molecule has 1 aromatic rings. The summed E-state index contributed by atoms with van der Waals surface area (Å²) >= 11 is 7.87. The number of benzene rings is 1. The fourth-order valence-corrected chi connectivity index (χ4v) is 1.50. The van der Waals surface area contributed by atoms with Gasteiger partial charge in [0, 0.05) is 8.48 Å². The summed E-state index contributed by atoms with van der Waals surface area (Å²) in [5.41, 5.74) is 8.58. The predicted molar refractivity (Wildman–Crippen MR) is 53.0 cm³/mol. The van der Waals surface area contributed by atoms with Crippen molar-refractivity contribution < 1.29 is 0 Å². The Morgan fingerprint density at radius 3 is 2.82 bits per heavy atom. The van der Waals surface area contributed by atoms with Crippen LogP contribution in [-0.4, -0.2) is 0 Å². The van der Waals surface area contributed by atoms with Crippen molar-refractivity contribution in [1.29, 1.82) is 0 Å². The van der Waals surface area contributed by atoms with Gasteiger partial charge in [-0.1, -0.05) is 22.8 Å². The molecule has 56 valence electrons. The molecule has 3 nitrogen and oxygen atoms in total. The molecule has 0 saturated heterocycles. The van der Waals surface area contributed by atoms with Crippen molar-refractivity contribution in [1.82, 2.24) is 0 Å². The van der Waals surface area contributed by atoms with Gasteiger partial charge in [-0.3, -0.25) is 0 Å². The van der Waals surface area contributed by atoms with Crippen molar-refractivity contribution in [2.75, 3.05) is 0 Å². The van der Waals surface area contributed by atoms with Gasteiger partial charge < -0.3 is 0 Å². The lowest BCUT2D eigenvalue weighted by atomic mass is 10.3. The van der Waals surface area contributed by atoms with E-state index in [1.54, 1.807) is 12.1 Å². The standard InChI is InChI=1S/C6H3ClIN3/c7-5-3-4(8)1-2-6(5)10-11-9/h1-3H. The predicted octanol–water partition coefficient (Wildman–Crippen LogP) is 3.89. The average Bonchev–Trinajstić information content (AvgIpc) is 1.95. The van der Waals surface area contributed by atoms with E-state index in [4.69, 9.17) is 17.1 Å². The van der Waals surface area contributed by atoms with Crippen molar-refractivity contribution in [3.05, 3.63) is 37.2 Å². The van der Waals surface area contributed by atoms with E-state index in [0.29, 0.717) is 10.7 Å². The number of nitrogens with zero attached hydrogens (tertiary/aromatic N) is 3. The molecule has 0 bridgehead atoms. The lowest BCUT2D eigenvalue weighted by molar-refractivity contribution is 1.47. The first-order chi connectivity index (χ1) is 5.24. The zero-order valence-corrected chi connectivity index (χ0v) is 8.24. The van der Waals surface area contributed by atoms with Gasteiger partial charge in [-0.25, -0.2) is 0 Å². The van der Waals surface area contributed by atoms with Gasteiger partial charge >= 0.3 is 0 Å². The van der Waals surface area contributed by atoms with Crippen LogP contribution in [0.5, 0.6) is 0 Å². The summed E-state index contributed by atoms with van der Waals surface area (Å²) < 4.78 is 1.02. The highest BCUT2D eigenvalue weighted by Crippen LogP contribution is 2.26. The van der Waals surface area contributed by atoms with Crippen LogP contribution in [0.1, 0.15) is 0 Å². The van der Waals surface area contributed by atoms with Gasteiger partial charge in [-0.15, -0.1) is 0 Å². The Bertz CT molecular complexity index is 320. The smallest absolute Gasteiger partial charge is 0.0562 e. The van der Waals surface area contributed by atoms with E-state index in [1.807, 2.05) is 6.07 Å². The van der Waals surface area contributed by atoms with E-state index >= 15 is 0 Å². The second kappa shape index (κ2) is 3.80. The molecule has 0 amide bonds. The van der Waals surface area contributed by atoms with Crippen LogP contribution in [0.15, 0.2) is 23.3 Å². The second-order valence-corrected chi connectivity index (χ2v) is 3.44. The van der Waals surface area contributed by atoms with Crippen molar-refractivity contribution in [2.45, 2.75) is 0 Å². The van der Waals surface area contributed by atoms with E-state index in [0.717, 1.165) is 3.57 Å². The Labute approximate surface area is 82.1 Å². The quantitative estimate of drug-likeness (QED) is 0.324. The van der Waals surface area contributed by atoms with E-state index < -0.39 is 0 Å². The molecule has 0 spiro atoms. The molecule has 0 heterocycles. The zero-order chi connectivity index (χ0) is 8.27. The van der Waals surface area contributed by atoms with E-state index in [-0.39, 0.29) is 0 Å². The molecule has 0 aromatic heterocycles. The molecule has 0 radical (unpaired) electrons. The van der Waals surface area contributed by atoms with Crippen molar-refractivity contribution in [2.24, 2.45) is 5.11 Å². The SMILES string of the molecule is [N-]=[N+]=Nc1ccc(I)cc1Cl. The van der Waals surface area contributed by atoms with Crippen LogP contribution < -0.4 is 0 Å². The highest BCUT2D eigenvalue weighted by molar-refractivity contribution is 14.1. The molecule has 0 aliphatic rings. The van der Waals surface area contributed by atoms with Crippen LogP contribution in [0, 0.1) is 3.57 Å². The first-order valence-corrected chi connectivity index (χ1v) is 4.20. The molecule has 0 atom stereocenters. The Morgan fingerprint density at radius 2 is 2.27 bits per heavy atom. The maximum atomic E-state index is 8.11. The number of rotatable bonds is 1. The third-order valence-corrected chi connectivity index (χ3v) is 2.04. The third kappa shape index (κ3) is 2.25. The van der Waals surface area contributed by atoms with Gasteiger partial charge in [0.15, 0.2) is 0 Å². The van der Waals surface area contributed by atoms with E-state index in [9.17, 15) is 0 Å². The highest BCUT2D eigenvalue weighted by atomic mass is 127. The maximum absolute atomic E-state index is 8.11. The molecule has 0 unspecified atom stereocenters. The zero-order valence-electron chi connectivity index (χ0n) is 5.33. The minimum atomic E-state index is 0.467. The van der Waals surface area contributed by atoms with Gasteiger partial charge in [0.25, 0.3) is 0 Å². The van der Waals surface area contributed by atoms with E-state index in [1.165, 1.54) is 0 Å². The minimum Gasteiger partial charge on any atom is -0.0838 e. The fourth-order valence-electron chi connectivity index (χ4n) is 0.611. The first kappa shape index (κ1) is 8.64. The van der Waals surface area contributed by atoms with Crippen LogP contribution in [0.25, 0.3) is 10.4 Å². The Morgan fingerprint density at radius 1 is 1.55 bits per heavy atom. The fraction of sp³-hybridized carbons (Fsp3) is 0. The maximum Gasteiger partial charge on any atom is 0.0562 e. The molecular formula is C6H3ClIN3. The third-order valence-electron chi connectivity index (χ3n) is 1.06. The van der Waals surface area contributed by atoms with Gasteiger partial charge in [0.2, 0.25) is 0 Å². The summed E-state index contributed by atoms with van der Waals surface area (Å²) in [5, 5.41) is 3.87. The summed E-state index contributed by atoms with van der Waals surface area (Å²) in [4.78, 5) is 2.63. The van der Waals surface area contributed by atoms with Gasteiger partial charge in [-0.2, -0.15) is 0 Å². The molecular weight excluding hydrogens is 276 g/mol. The Balaban J connectivity index is 3.19.